The van der Waals surface area contributed by atoms with Gasteiger partial charge in [-0.2, -0.15) is 5.10 Å². The molecule has 9 nitrogen and oxygen atoms in total. The van der Waals surface area contributed by atoms with Crippen LogP contribution in [0.2, 0.25) is 0 Å². The van der Waals surface area contributed by atoms with Crippen LogP contribution in [0.5, 0.6) is 17.5 Å². The molecule has 1 fully saturated rings. The maximum Gasteiger partial charge on any atom is 0.276 e. The number of carbonyl (C=O) groups excluding carboxylic acids is 1. The SMILES string of the molecule is COc1cc(Oc2ccc(NC(=O)c3n[nH]c4ccc(-c5cncc(CC6CCC(F)(F)C6)c5)cc34)cn2)ccn1. The molecule has 41 heavy (non-hydrogen) atoms. The second-order valence-electron chi connectivity index (χ2n) is 10.1. The number of aromatic amines is 1. The van der Waals surface area contributed by atoms with Gasteiger partial charge in [-0.15, -0.1) is 0 Å². The standard InChI is InChI=1S/C30H26F2N6O3/c1-40-27-13-23(7-9-34-27)41-26-5-3-22(17-35-26)36-29(39)28-24-12-20(2-4-25(24)37-38-28)21-11-19(15-33-16-21)10-18-6-8-30(31,32)14-18/h2-5,7,9,11-13,15-18H,6,8,10,14H2,1H3,(H,36,39)(H,37,38). The number of methoxy groups -OCH3 is 1. The van der Waals surface area contributed by atoms with Crippen LogP contribution in [0.1, 0.15) is 35.3 Å². The molecule has 5 aromatic rings. The van der Waals surface area contributed by atoms with Gasteiger partial charge in [0.1, 0.15) is 5.75 Å². The number of nitrogens with one attached hydrogen (secondary N) is 2. The smallest absolute Gasteiger partial charge is 0.276 e. The number of carbonyl (C=O) groups is 1. The average Bonchev–Trinajstić information content (AvgIpc) is 3.56. The summed E-state index contributed by atoms with van der Waals surface area (Å²) < 4.78 is 38.1. The van der Waals surface area contributed by atoms with E-state index in [0.717, 1.165) is 16.7 Å². The minimum atomic E-state index is -2.57. The fourth-order valence-corrected chi connectivity index (χ4v) is 5.07. The first kappa shape index (κ1) is 26.3. The summed E-state index contributed by atoms with van der Waals surface area (Å²) in [5.41, 5.74) is 3.99. The molecular weight excluding hydrogens is 530 g/mol. The second kappa shape index (κ2) is 10.9. The van der Waals surface area contributed by atoms with E-state index in [2.05, 4.69) is 30.5 Å². The number of hydrogen-bond donors (Lipinski definition) is 2. The van der Waals surface area contributed by atoms with E-state index >= 15 is 0 Å². The first-order valence-electron chi connectivity index (χ1n) is 13.1. The van der Waals surface area contributed by atoms with Crippen LogP contribution < -0.4 is 14.8 Å². The molecule has 0 radical (unpaired) electrons. The Balaban J connectivity index is 1.16. The Kier molecular flexibility index (Phi) is 7.00. The Hall–Kier alpha value is -4.93. The summed E-state index contributed by atoms with van der Waals surface area (Å²) in [6, 6.07) is 14.2. The van der Waals surface area contributed by atoms with Crippen LogP contribution in [0, 0.1) is 5.92 Å². The van der Waals surface area contributed by atoms with E-state index in [1.165, 1.54) is 13.3 Å². The molecular formula is C30H26F2N6O3. The van der Waals surface area contributed by atoms with Gasteiger partial charge in [-0.25, -0.2) is 18.7 Å². The van der Waals surface area contributed by atoms with E-state index in [4.69, 9.17) is 9.47 Å². The lowest BCUT2D eigenvalue weighted by Crippen LogP contribution is -2.13. The van der Waals surface area contributed by atoms with Crippen LogP contribution in [-0.4, -0.2) is 44.1 Å². The second-order valence-corrected chi connectivity index (χ2v) is 10.1. The van der Waals surface area contributed by atoms with Crippen molar-refractivity contribution in [2.45, 2.75) is 31.6 Å². The average molecular weight is 557 g/mol. The Morgan fingerprint density at radius 3 is 2.73 bits per heavy atom. The zero-order valence-electron chi connectivity index (χ0n) is 22.1. The van der Waals surface area contributed by atoms with Crippen LogP contribution in [0.15, 0.2) is 73.3 Å². The van der Waals surface area contributed by atoms with Gasteiger partial charge >= 0.3 is 0 Å². The highest BCUT2D eigenvalue weighted by Gasteiger charge is 2.39. The largest absolute Gasteiger partial charge is 0.481 e. The number of rotatable bonds is 8. The number of ether oxygens (including phenoxy) is 2. The minimum Gasteiger partial charge on any atom is -0.481 e. The summed E-state index contributed by atoms with van der Waals surface area (Å²) in [6.45, 7) is 0. The number of halogens is 2. The molecule has 1 saturated carbocycles. The van der Waals surface area contributed by atoms with Gasteiger partial charge in [-0.05, 0) is 60.2 Å². The number of fused-ring (bicyclic) bond motifs is 1. The number of H-pyrrole nitrogens is 1. The van der Waals surface area contributed by atoms with Gasteiger partial charge < -0.3 is 14.8 Å². The van der Waals surface area contributed by atoms with Crippen LogP contribution in [-0.2, 0) is 6.42 Å². The van der Waals surface area contributed by atoms with Crippen molar-refractivity contribution >= 4 is 22.5 Å². The van der Waals surface area contributed by atoms with E-state index < -0.39 is 11.8 Å². The van der Waals surface area contributed by atoms with Gasteiger partial charge in [0.05, 0.1) is 24.5 Å². The fourth-order valence-electron chi connectivity index (χ4n) is 5.07. The quantitative estimate of drug-likeness (QED) is 0.226. The number of aromatic nitrogens is 5. The van der Waals surface area contributed by atoms with Crippen molar-refractivity contribution in [1.82, 2.24) is 25.1 Å². The monoisotopic (exact) mass is 556 g/mol. The molecule has 1 unspecified atom stereocenters. The Morgan fingerprint density at radius 2 is 1.95 bits per heavy atom. The highest BCUT2D eigenvalue weighted by atomic mass is 19.3. The molecule has 208 valence electrons. The molecule has 0 bridgehead atoms. The summed E-state index contributed by atoms with van der Waals surface area (Å²) in [4.78, 5) is 25.8. The molecule has 4 heterocycles. The third-order valence-electron chi connectivity index (χ3n) is 7.07. The predicted molar refractivity (Wildman–Crippen MR) is 148 cm³/mol. The molecule has 2 N–H and O–H groups in total. The van der Waals surface area contributed by atoms with Gasteiger partial charge in [0, 0.05) is 54.5 Å². The van der Waals surface area contributed by atoms with Crippen molar-refractivity contribution in [3.8, 4) is 28.6 Å². The number of benzene rings is 1. The molecule has 0 aliphatic heterocycles. The van der Waals surface area contributed by atoms with Gasteiger partial charge in [0.15, 0.2) is 5.69 Å². The van der Waals surface area contributed by atoms with Crippen molar-refractivity contribution in [2.24, 2.45) is 5.92 Å². The number of anilines is 1. The highest BCUT2D eigenvalue weighted by Crippen LogP contribution is 2.40. The van der Waals surface area contributed by atoms with Crippen LogP contribution in [0.25, 0.3) is 22.0 Å². The lowest BCUT2D eigenvalue weighted by atomic mass is 9.96. The third kappa shape index (κ3) is 5.98. The molecule has 0 saturated heterocycles. The molecule has 1 aliphatic rings. The van der Waals surface area contributed by atoms with Gasteiger partial charge in [0.2, 0.25) is 17.7 Å². The predicted octanol–water partition coefficient (Wildman–Crippen LogP) is 6.45. The summed E-state index contributed by atoms with van der Waals surface area (Å²) in [5, 5.41) is 10.6. The fraction of sp³-hybridized carbons (Fsp3) is 0.233. The first-order valence-corrected chi connectivity index (χ1v) is 13.1. The lowest BCUT2D eigenvalue weighted by molar-refractivity contribution is 0.00507. The topological polar surface area (TPSA) is 115 Å². The lowest BCUT2D eigenvalue weighted by Gasteiger charge is -2.11. The van der Waals surface area contributed by atoms with E-state index in [1.54, 1.807) is 42.9 Å². The minimum absolute atomic E-state index is 0.0528. The molecule has 1 amide bonds. The molecule has 1 atom stereocenters. The summed E-state index contributed by atoms with van der Waals surface area (Å²) in [7, 11) is 1.52. The Labute approximate surface area is 234 Å². The zero-order valence-corrected chi connectivity index (χ0v) is 22.1. The van der Waals surface area contributed by atoms with E-state index in [1.807, 2.05) is 24.3 Å². The summed E-state index contributed by atoms with van der Waals surface area (Å²) in [5.74, 6) is -1.76. The van der Waals surface area contributed by atoms with Crippen molar-refractivity contribution < 1.29 is 23.0 Å². The van der Waals surface area contributed by atoms with Crippen molar-refractivity contribution in [3.05, 3.63) is 84.6 Å². The number of hydrogen-bond acceptors (Lipinski definition) is 7. The van der Waals surface area contributed by atoms with Crippen LogP contribution in [0.3, 0.4) is 0 Å². The zero-order chi connectivity index (χ0) is 28.4. The summed E-state index contributed by atoms with van der Waals surface area (Å²) >= 11 is 0. The number of pyridine rings is 3. The van der Waals surface area contributed by atoms with E-state index in [9.17, 15) is 13.6 Å². The highest BCUT2D eigenvalue weighted by molar-refractivity contribution is 6.11. The van der Waals surface area contributed by atoms with E-state index in [0.29, 0.717) is 46.9 Å². The Bertz CT molecular complexity index is 1710. The maximum atomic E-state index is 13.6. The van der Waals surface area contributed by atoms with E-state index in [-0.39, 0.29) is 24.5 Å². The van der Waals surface area contributed by atoms with Crippen molar-refractivity contribution in [2.75, 3.05) is 12.4 Å². The maximum absolute atomic E-state index is 13.6. The molecule has 0 spiro atoms. The van der Waals surface area contributed by atoms with Crippen molar-refractivity contribution in [1.29, 1.82) is 0 Å². The normalized spacial score (nSPS) is 16.0. The molecule has 11 heteroatoms. The molecule has 6 rings (SSSR count). The Morgan fingerprint density at radius 1 is 1.05 bits per heavy atom. The number of nitrogens with zero attached hydrogens (tertiary/aromatic N) is 4. The van der Waals surface area contributed by atoms with Gasteiger partial charge in [0.25, 0.3) is 5.91 Å². The van der Waals surface area contributed by atoms with Gasteiger partial charge in [-0.3, -0.25) is 14.9 Å². The van der Waals surface area contributed by atoms with Crippen molar-refractivity contribution in [3.63, 3.8) is 0 Å². The summed E-state index contributed by atoms with van der Waals surface area (Å²) in [6.07, 6.45) is 7.45. The third-order valence-corrected chi connectivity index (χ3v) is 7.07. The van der Waals surface area contributed by atoms with Gasteiger partial charge in [-0.1, -0.05) is 6.07 Å². The number of alkyl halides is 2. The first-order chi connectivity index (χ1) is 19.8. The molecule has 4 aromatic heterocycles. The van der Waals surface area contributed by atoms with Crippen LogP contribution in [0.4, 0.5) is 14.5 Å². The van der Waals surface area contributed by atoms with Crippen LogP contribution >= 0.6 is 0 Å². The molecule has 1 aliphatic carbocycles. The molecule has 1 aromatic carbocycles. The number of amides is 1.